The Morgan fingerprint density at radius 3 is 2.21 bits per heavy atom. The molecular weight excluding hydrogens is 358 g/mol. The van der Waals surface area contributed by atoms with Crippen molar-refractivity contribution in [2.75, 3.05) is 6.61 Å². The van der Waals surface area contributed by atoms with Crippen LogP contribution in [-0.2, 0) is 15.5 Å². The Morgan fingerprint density at radius 2 is 1.46 bits per heavy atom. The molecule has 28 heavy (non-hydrogen) atoms. The molecule has 0 N–H and O–H groups in total. The summed E-state index contributed by atoms with van der Waals surface area (Å²) in [5.74, 6) is 0. The second-order valence-electron chi connectivity index (χ2n) is 6.39. The molecule has 0 bridgehead atoms. The average molecular weight is 378 g/mol. The summed E-state index contributed by atoms with van der Waals surface area (Å²) in [5, 5.41) is 3.63. The van der Waals surface area contributed by atoms with Gasteiger partial charge in [-0.05, 0) is 41.5 Å². The van der Waals surface area contributed by atoms with Gasteiger partial charge in [0.15, 0.2) is 0 Å². The van der Waals surface area contributed by atoms with Crippen molar-refractivity contribution in [1.29, 1.82) is 0 Å². The summed E-state index contributed by atoms with van der Waals surface area (Å²) < 4.78 is 20.1. The summed E-state index contributed by atoms with van der Waals surface area (Å²) in [4.78, 5) is 0. The van der Waals surface area contributed by atoms with Crippen molar-refractivity contribution in [3.63, 3.8) is 0 Å². The molecule has 0 fully saturated rings. The summed E-state index contributed by atoms with van der Waals surface area (Å²) >= 11 is 0. The molecule has 0 heterocycles. The van der Waals surface area contributed by atoms with E-state index in [4.69, 9.17) is 4.52 Å². The van der Waals surface area contributed by atoms with Gasteiger partial charge < -0.3 is 4.52 Å². The molecule has 0 aromatic heterocycles. The molecule has 0 saturated heterocycles. The van der Waals surface area contributed by atoms with E-state index in [0.29, 0.717) is 13.0 Å². The maximum absolute atomic E-state index is 14.0. The van der Waals surface area contributed by atoms with E-state index < -0.39 is 7.37 Å². The van der Waals surface area contributed by atoms with E-state index in [1.54, 1.807) is 0 Å². The first-order valence-electron chi connectivity index (χ1n) is 9.01. The van der Waals surface area contributed by atoms with Crippen molar-refractivity contribution in [1.82, 2.24) is 0 Å². The minimum absolute atomic E-state index is 0. The van der Waals surface area contributed by atoms with Gasteiger partial charge in [0.05, 0.1) is 6.61 Å². The van der Waals surface area contributed by atoms with Gasteiger partial charge in [-0.3, -0.25) is 4.57 Å². The number of hydrogen-bond donors (Lipinski definition) is 0. The van der Waals surface area contributed by atoms with Crippen LogP contribution in [0.2, 0.25) is 0 Å². The third-order valence-corrected chi connectivity index (χ3v) is 7.07. The average Bonchev–Trinajstić information content (AvgIpc) is 2.74. The Kier molecular flexibility index (Phi) is 6.95. The van der Waals surface area contributed by atoms with Crippen LogP contribution in [0.4, 0.5) is 0 Å². The Morgan fingerprint density at radius 1 is 0.750 bits per heavy atom. The Balaban J connectivity index is 0.00000225. The van der Waals surface area contributed by atoms with Crippen LogP contribution >= 0.6 is 7.37 Å². The number of rotatable bonds is 6. The normalized spacial score (nSPS) is 12.9. The molecule has 134 valence electrons. The smallest absolute Gasteiger partial charge is 0.322 e. The van der Waals surface area contributed by atoms with Crippen LogP contribution in [0.1, 0.15) is 5.56 Å². The monoisotopic (exact) mass is 378 g/mol. The first-order valence-corrected chi connectivity index (χ1v) is 10.6. The third kappa shape index (κ3) is 4.49. The van der Waals surface area contributed by atoms with Crippen LogP contribution in [0, 0.1) is 6.07 Å². The molecule has 0 aliphatic carbocycles. The molecule has 4 aromatic carbocycles. The summed E-state index contributed by atoms with van der Waals surface area (Å²) in [6.07, 6.45) is 0.672. The fourth-order valence-corrected chi connectivity index (χ4v) is 5.24. The zero-order chi connectivity index (χ0) is 18.5. The van der Waals surface area contributed by atoms with E-state index in [1.165, 1.54) is 0 Å². The van der Waals surface area contributed by atoms with Gasteiger partial charge in [-0.25, -0.2) is 0 Å². The van der Waals surface area contributed by atoms with Gasteiger partial charge in [-0.15, -0.1) is 0 Å². The van der Waals surface area contributed by atoms with Crippen molar-refractivity contribution in [2.24, 2.45) is 0 Å². The molecule has 4 aromatic rings. The van der Waals surface area contributed by atoms with E-state index in [9.17, 15) is 4.57 Å². The Bertz CT molecular complexity index is 1080. The molecule has 4 heteroatoms. The molecule has 0 aliphatic rings. The maximum Gasteiger partial charge on any atom is 1.00 e. The van der Waals surface area contributed by atoms with E-state index >= 15 is 0 Å². The zero-order valence-corrected chi connectivity index (χ0v) is 16.8. The molecular formula is C24H20LiO2P. The van der Waals surface area contributed by atoms with Crippen molar-refractivity contribution >= 4 is 28.8 Å². The summed E-state index contributed by atoms with van der Waals surface area (Å²) in [6.45, 7) is 0.375. The third-order valence-electron chi connectivity index (χ3n) is 4.59. The van der Waals surface area contributed by atoms with E-state index in [2.05, 4.69) is 12.1 Å². The molecule has 1 unspecified atom stereocenters. The SMILES string of the molecule is O=P(OCCc1[c-]cccc1)(c1ccccc1)c1ccc2ccccc2c1.[Li+]. The molecule has 1 atom stereocenters. The van der Waals surface area contributed by atoms with Gasteiger partial charge in [-0.2, -0.15) is 35.9 Å². The second kappa shape index (κ2) is 9.42. The zero-order valence-electron chi connectivity index (χ0n) is 15.9. The summed E-state index contributed by atoms with van der Waals surface area (Å²) in [5.41, 5.74) is 1.05. The topological polar surface area (TPSA) is 26.3 Å². The molecule has 0 saturated carbocycles. The minimum Gasteiger partial charge on any atom is -0.322 e. The van der Waals surface area contributed by atoms with Crippen LogP contribution in [-0.4, -0.2) is 6.61 Å². The fraction of sp³-hybridized carbons (Fsp3) is 0.0833. The Labute approximate surface area is 178 Å². The quantitative estimate of drug-likeness (QED) is 0.292. The van der Waals surface area contributed by atoms with E-state index in [0.717, 1.165) is 26.9 Å². The number of benzene rings is 4. The van der Waals surface area contributed by atoms with Gasteiger partial charge in [0.2, 0.25) is 0 Å². The fourth-order valence-electron chi connectivity index (χ4n) is 3.15. The van der Waals surface area contributed by atoms with Gasteiger partial charge >= 0.3 is 18.9 Å². The largest absolute Gasteiger partial charge is 1.00 e. The first kappa shape index (κ1) is 20.7. The molecule has 0 spiro atoms. The second-order valence-corrected chi connectivity index (χ2v) is 8.78. The number of hydrogen-bond acceptors (Lipinski definition) is 2. The van der Waals surface area contributed by atoms with Crippen molar-refractivity contribution < 1.29 is 27.9 Å². The maximum atomic E-state index is 14.0. The van der Waals surface area contributed by atoms with Crippen LogP contribution in [0.5, 0.6) is 0 Å². The van der Waals surface area contributed by atoms with Crippen molar-refractivity contribution in [3.05, 3.63) is 109 Å². The van der Waals surface area contributed by atoms with Crippen LogP contribution in [0.15, 0.2) is 97.1 Å². The van der Waals surface area contributed by atoms with Crippen LogP contribution < -0.4 is 29.5 Å². The summed E-state index contributed by atoms with van der Waals surface area (Å²) in [7, 11) is -3.18. The first-order chi connectivity index (χ1) is 13.3. The molecule has 0 amide bonds. The Hall–Kier alpha value is -2.07. The van der Waals surface area contributed by atoms with Gasteiger partial charge in [0.25, 0.3) is 7.37 Å². The minimum atomic E-state index is -3.18. The number of fused-ring (bicyclic) bond motifs is 1. The molecule has 0 radical (unpaired) electrons. The predicted molar refractivity (Wildman–Crippen MR) is 112 cm³/mol. The van der Waals surface area contributed by atoms with Crippen LogP contribution in [0.3, 0.4) is 0 Å². The van der Waals surface area contributed by atoms with E-state index in [1.807, 2.05) is 91.0 Å². The predicted octanol–water partition coefficient (Wildman–Crippen LogP) is 2.13. The summed E-state index contributed by atoms with van der Waals surface area (Å²) in [6, 6.07) is 34.5. The molecule has 4 rings (SSSR count). The molecule has 2 nitrogen and oxygen atoms in total. The van der Waals surface area contributed by atoms with Gasteiger partial charge in [0, 0.05) is 10.6 Å². The van der Waals surface area contributed by atoms with Crippen molar-refractivity contribution in [2.45, 2.75) is 6.42 Å². The van der Waals surface area contributed by atoms with Crippen molar-refractivity contribution in [3.8, 4) is 0 Å². The van der Waals surface area contributed by atoms with Crippen LogP contribution in [0.25, 0.3) is 10.8 Å². The molecule has 0 aliphatic heterocycles. The van der Waals surface area contributed by atoms with Gasteiger partial charge in [-0.1, -0.05) is 48.5 Å². The van der Waals surface area contributed by atoms with Gasteiger partial charge in [0.1, 0.15) is 0 Å². The standard InChI is InChI=1S/C24H20O2P.Li/c25-27(23-13-5-2-6-14-23,26-18-17-20-9-3-1-4-10-20)24-16-15-21-11-7-8-12-22(21)19-24;/h1-9,11-16,19H,17-18H2;/q-1;+1. The van der Waals surface area contributed by atoms with E-state index in [-0.39, 0.29) is 18.9 Å².